The van der Waals surface area contributed by atoms with E-state index in [1.807, 2.05) is 24.3 Å². The lowest BCUT2D eigenvalue weighted by Crippen LogP contribution is -2.36. The van der Waals surface area contributed by atoms with Crippen LogP contribution in [-0.2, 0) is 0 Å². The van der Waals surface area contributed by atoms with E-state index < -0.39 is 6.10 Å². The Morgan fingerprint density at radius 2 is 1.74 bits per heavy atom. The van der Waals surface area contributed by atoms with Crippen molar-refractivity contribution >= 4 is 0 Å². The molecule has 0 aliphatic carbocycles. The van der Waals surface area contributed by atoms with Crippen molar-refractivity contribution in [3.8, 4) is 5.75 Å². The molecule has 2 rings (SSSR count). The molecule has 3 nitrogen and oxygen atoms in total. The summed E-state index contributed by atoms with van der Waals surface area (Å²) in [5.74, 6) is 0.834. The summed E-state index contributed by atoms with van der Waals surface area (Å²) >= 11 is 0. The van der Waals surface area contributed by atoms with Gasteiger partial charge >= 0.3 is 0 Å². The second kappa shape index (κ2) is 7.51. The van der Waals surface area contributed by atoms with Crippen LogP contribution in [0, 0.1) is 6.92 Å². The van der Waals surface area contributed by atoms with Crippen LogP contribution in [0.25, 0.3) is 0 Å². The highest BCUT2D eigenvalue weighted by molar-refractivity contribution is 5.26. The highest BCUT2D eigenvalue weighted by Crippen LogP contribution is 2.13. The Kier molecular flexibility index (Phi) is 5.67. The first-order valence-corrected chi connectivity index (χ1v) is 7.34. The number of aliphatic hydroxyl groups excluding tert-OH is 1. The van der Waals surface area contributed by atoms with Gasteiger partial charge in [0, 0.05) is 6.54 Å². The Labute approximate surface area is 116 Å². The van der Waals surface area contributed by atoms with Crippen molar-refractivity contribution in [3.05, 3.63) is 29.8 Å². The van der Waals surface area contributed by atoms with Crippen LogP contribution >= 0.6 is 0 Å². The van der Waals surface area contributed by atoms with E-state index in [0.29, 0.717) is 6.61 Å². The Morgan fingerprint density at radius 3 is 2.37 bits per heavy atom. The van der Waals surface area contributed by atoms with Gasteiger partial charge < -0.3 is 14.7 Å². The molecule has 1 N–H and O–H groups in total. The minimum atomic E-state index is -0.403. The molecule has 1 aliphatic rings. The molecule has 1 aromatic carbocycles. The van der Waals surface area contributed by atoms with Crippen LogP contribution in [0.1, 0.15) is 31.2 Å². The van der Waals surface area contributed by atoms with Gasteiger partial charge in [-0.1, -0.05) is 30.5 Å². The molecule has 1 fully saturated rings. The number of nitrogens with zero attached hydrogens (tertiary/aromatic N) is 1. The number of hydrogen-bond donors (Lipinski definition) is 1. The van der Waals surface area contributed by atoms with E-state index in [1.165, 1.54) is 31.2 Å². The van der Waals surface area contributed by atoms with E-state index in [0.717, 1.165) is 25.4 Å². The van der Waals surface area contributed by atoms with E-state index in [9.17, 15) is 5.11 Å². The molecule has 1 aromatic rings. The summed E-state index contributed by atoms with van der Waals surface area (Å²) < 4.78 is 5.62. The van der Waals surface area contributed by atoms with Gasteiger partial charge in [0.25, 0.3) is 0 Å². The lowest BCUT2D eigenvalue weighted by molar-refractivity contribution is 0.0693. The summed E-state index contributed by atoms with van der Waals surface area (Å²) in [6, 6.07) is 7.95. The normalized spacial score (nSPS) is 18.8. The first-order chi connectivity index (χ1) is 9.24. The molecule has 1 aliphatic heterocycles. The maximum atomic E-state index is 10.0. The molecule has 19 heavy (non-hydrogen) atoms. The topological polar surface area (TPSA) is 32.7 Å². The first kappa shape index (κ1) is 14.4. The molecule has 0 amide bonds. The molecule has 0 radical (unpaired) electrons. The largest absolute Gasteiger partial charge is 0.491 e. The average Bonchev–Trinajstić information content (AvgIpc) is 2.67. The standard InChI is InChI=1S/C16H25NO2/c1-14-6-8-16(9-7-14)19-13-15(18)12-17-10-4-2-3-5-11-17/h6-9,15,18H,2-5,10-13H2,1H3. The quantitative estimate of drug-likeness (QED) is 0.886. The highest BCUT2D eigenvalue weighted by atomic mass is 16.5. The molecule has 1 heterocycles. The summed E-state index contributed by atoms with van der Waals surface area (Å²) in [6.45, 7) is 5.38. The van der Waals surface area contributed by atoms with E-state index in [1.54, 1.807) is 0 Å². The van der Waals surface area contributed by atoms with Crippen LogP contribution in [0.3, 0.4) is 0 Å². The number of β-amino-alcohol motifs (C(OH)–C–C–N with tert-alkyl or cyclic N) is 1. The minimum Gasteiger partial charge on any atom is -0.491 e. The number of aliphatic hydroxyl groups is 1. The first-order valence-electron chi connectivity index (χ1n) is 7.34. The minimum absolute atomic E-state index is 0.375. The zero-order valence-corrected chi connectivity index (χ0v) is 11.8. The number of ether oxygens (including phenoxy) is 1. The summed E-state index contributed by atoms with van der Waals surface area (Å²) in [6.07, 6.45) is 4.76. The molecule has 1 atom stereocenters. The third-order valence-corrected chi connectivity index (χ3v) is 3.63. The summed E-state index contributed by atoms with van der Waals surface area (Å²) in [4.78, 5) is 2.36. The Balaban J connectivity index is 1.71. The summed E-state index contributed by atoms with van der Waals surface area (Å²) in [5.41, 5.74) is 1.22. The highest BCUT2D eigenvalue weighted by Gasteiger charge is 2.14. The Morgan fingerprint density at radius 1 is 1.11 bits per heavy atom. The molecule has 0 spiro atoms. The third-order valence-electron chi connectivity index (χ3n) is 3.63. The van der Waals surface area contributed by atoms with Crippen LogP contribution in [0.4, 0.5) is 0 Å². The monoisotopic (exact) mass is 263 g/mol. The lowest BCUT2D eigenvalue weighted by atomic mass is 10.2. The van der Waals surface area contributed by atoms with E-state index >= 15 is 0 Å². The van der Waals surface area contributed by atoms with Crippen molar-refractivity contribution in [2.75, 3.05) is 26.2 Å². The Bertz CT molecular complexity index is 356. The van der Waals surface area contributed by atoms with E-state index in [-0.39, 0.29) is 0 Å². The van der Waals surface area contributed by atoms with Crippen LogP contribution < -0.4 is 4.74 Å². The molecular weight excluding hydrogens is 238 g/mol. The van der Waals surface area contributed by atoms with Crippen LogP contribution in [0.2, 0.25) is 0 Å². The SMILES string of the molecule is Cc1ccc(OCC(O)CN2CCCCCC2)cc1. The predicted octanol–water partition coefficient (Wildman–Crippen LogP) is 2.61. The zero-order chi connectivity index (χ0) is 13.5. The van der Waals surface area contributed by atoms with E-state index in [2.05, 4.69) is 11.8 Å². The fourth-order valence-electron chi connectivity index (χ4n) is 2.50. The number of rotatable bonds is 5. The zero-order valence-electron chi connectivity index (χ0n) is 11.8. The van der Waals surface area contributed by atoms with Crippen LogP contribution in [0.15, 0.2) is 24.3 Å². The molecule has 0 aromatic heterocycles. The van der Waals surface area contributed by atoms with Gasteiger partial charge in [0.05, 0.1) is 0 Å². The molecule has 0 saturated carbocycles. The van der Waals surface area contributed by atoms with Crippen LogP contribution in [0.5, 0.6) is 5.75 Å². The average molecular weight is 263 g/mol. The van der Waals surface area contributed by atoms with Crippen molar-refractivity contribution in [1.29, 1.82) is 0 Å². The third kappa shape index (κ3) is 5.21. The predicted molar refractivity (Wildman–Crippen MR) is 77.6 cm³/mol. The van der Waals surface area contributed by atoms with Gasteiger partial charge in [0.2, 0.25) is 0 Å². The molecule has 0 bridgehead atoms. The summed E-state index contributed by atoms with van der Waals surface area (Å²) in [7, 11) is 0. The van der Waals surface area contributed by atoms with Gasteiger partial charge in [-0.3, -0.25) is 0 Å². The van der Waals surface area contributed by atoms with Gasteiger partial charge in [-0.2, -0.15) is 0 Å². The second-order valence-corrected chi connectivity index (χ2v) is 5.49. The van der Waals surface area contributed by atoms with E-state index in [4.69, 9.17) is 4.74 Å². The van der Waals surface area contributed by atoms with Crippen LogP contribution in [-0.4, -0.2) is 42.4 Å². The maximum absolute atomic E-state index is 10.0. The fraction of sp³-hybridized carbons (Fsp3) is 0.625. The molecule has 1 unspecified atom stereocenters. The lowest BCUT2D eigenvalue weighted by Gasteiger charge is -2.23. The molecule has 3 heteroatoms. The smallest absolute Gasteiger partial charge is 0.119 e. The number of hydrogen-bond acceptors (Lipinski definition) is 3. The molecular formula is C16H25NO2. The summed E-state index contributed by atoms with van der Waals surface area (Å²) in [5, 5.41) is 10.0. The maximum Gasteiger partial charge on any atom is 0.119 e. The number of aryl methyl sites for hydroxylation is 1. The van der Waals surface area contributed by atoms with Gasteiger partial charge in [-0.05, 0) is 45.0 Å². The Hall–Kier alpha value is -1.06. The van der Waals surface area contributed by atoms with Gasteiger partial charge in [-0.15, -0.1) is 0 Å². The van der Waals surface area contributed by atoms with Crippen molar-refractivity contribution in [3.63, 3.8) is 0 Å². The van der Waals surface area contributed by atoms with Crippen molar-refractivity contribution in [2.45, 2.75) is 38.7 Å². The number of likely N-dealkylation sites (tertiary alicyclic amines) is 1. The van der Waals surface area contributed by atoms with Crippen molar-refractivity contribution in [2.24, 2.45) is 0 Å². The second-order valence-electron chi connectivity index (χ2n) is 5.49. The van der Waals surface area contributed by atoms with Crippen molar-refractivity contribution < 1.29 is 9.84 Å². The van der Waals surface area contributed by atoms with Crippen molar-refractivity contribution in [1.82, 2.24) is 4.90 Å². The molecule has 1 saturated heterocycles. The number of benzene rings is 1. The van der Waals surface area contributed by atoms with Gasteiger partial charge in [-0.25, -0.2) is 0 Å². The fourth-order valence-corrected chi connectivity index (χ4v) is 2.50. The van der Waals surface area contributed by atoms with Gasteiger partial charge in [0.1, 0.15) is 18.5 Å². The van der Waals surface area contributed by atoms with Gasteiger partial charge in [0.15, 0.2) is 0 Å². The molecule has 106 valence electrons.